The van der Waals surface area contributed by atoms with Crippen LogP contribution >= 0.6 is 0 Å². The molecule has 0 aliphatic heterocycles. The Balaban J connectivity index is 1.33. The maximum atomic E-state index is 12.8. The number of nitrogens with one attached hydrogen (secondary N) is 1. The van der Waals surface area contributed by atoms with E-state index < -0.39 is 0 Å². The predicted molar refractivity (Wildman–Crippen MR) is 186 cm³/mol. The van der Waals surface area contributed by atoms with Gasteiger partial charge in [-0.3, -0.25) is 9.59 Å². The highest BCUT2D eigenvalue weighted by atomic mass is 16.5. The molecular formula is C40H57N2O3+. The van der Waals surface area contributed by atoms with Crippen LogP contribution in [0.4, 0.5) is 5.69 Å². The van der Waals surface area contributed by atoms with E-state index in [4.69, 9.17) is 4.74 Å². The third kappa shape index (κ3) is 14.0. The minimum Gasteiger partial charge on any atom is -0.493 e. The van der Waals surface area contributed by atoms with Crippen molar-refractivity contribution in [1.82, 2.24) is 0 Å². The molecule has 45 heavy (non-hydrogen) atoms. The number of carbonyl (C=O) groups excluding carboxylic acids is 2. The Morgan fingerprint density at radius 1 is 0.711 bits per heavy atom. The van der Waals surface area contributed by atoms with Crippen LogP contribution in [0.25, 0.3) is 0 Å². The van der Waals surface area contributed by atoms with Gasteiger partial charge in [-0.15, -0.1) is 0 Å². The number of nitrogens with zero attached hydrogens (tertiary/aromatic N) is 1. The van der Waals surface area contributed by atoms with E-state index in [1.807, 2.05) is 36.4 Å². The number of ether oxygens (including phenoxy) is 1. The number of hydrogen-bond acceptors (Lipinski definition) is 3. The molecule has 2 aromatic carbocycles. The molecule has 0 aliphatic carbocycles. The largest absolute Gasteiger partial charge is 0.493 e. The lowest BCUT2D eigenvalue weighted by Gasteiger charge is -2.12. The highest BCUT2D eigenvalue weighted by molar-refractivity contribution is 5.98. The quantitative estimate of drug-likeness (QED) is 0.0697. The number of rotatable bonds is 22. The molecule has 1 aromatic heterocycles. The third-order valence-electron chi connectivity index (χ3n) is 8.64. The number of Topliss-reactive ketones (excluding diaryl/α,β-unsaturated/α-hetero) is 1. The molecule has 1 heterocycles. The summed E-state index contributed by atoms with van der Waals surface area (Å²) in [6.07, 6.45) is 22.9. The minimum absolute atomic E-state index is 0.0505. The molecule has 5 nitrogen and oxygen atoms in total. The summed E-state index contributed by atoms with van der Waals surface area (Å²) in [5, 5.41) is 2.98. The van der Waals surface area contributed by atoms with Crippen LogP contribution in [-0.4, -0.2) is 18.3 Å². The van der Waals surface area contributed by atoms with Gasteiger partial charge < -0.3 is 10.1 Å². The van der Waals surface area contributed by atoms with Gasteiger partial charge in [0.25, 0.3) is 0 Å². The topological polar surface area (TPSA) is 59.3 Å². The summed E-state index contributed by atoms with van der Waals surface area (Å²) in [6.45, 7) is 9.44. The zero-order valence-electron chi connectivity index (χ0n) is 28.5. The van der Waals surface area contributed by atoms with Crippen molar-refractivity contribution in [2.24, 2.45) is 0 Å². The van der Waals surface area contributed by atoms with Crippen molar-refractivity contribution in [2.75, 3.05) is 11.9 Å². The van der Waals surface area contributed by atoms with Crippen molar-refractivity contribution >= 4 is 17.4 Å². The molecule has 244 valence electrons. The molecule has 0 atom stereocenters. The minimum atomic E-state index is -0.114. The summed E-state index contributed by atoms with van der Waals surface area (Å²) in [6, 6.07) is 15.6. The van der Waals surface area contributed by atoms with Gasteiger partial charge in [-0.2, -0.15) is 0 Å². The van der Waals surface area contributed by atoms with Gasteiger partial charge in [0, 0.05) is 22.9 Å². The summed E-state index contributed by atoms with van der Waals surface area (Å²) in [5.41, 5.74) is 5.80. The van der Waals surface area contributed by atoms with E-state index in [2.05, 4.69) is 49.1 Å². The normalized spacial score (nSPS) is 11.0. The third-order valence-corrected chi connectivity index (χ3v) is 8.64. The number of amides is 1. The van der Waals surface area contributed by atoms with Crippen LogP contribution < -0.4 is 14.6 Å². The Morgan fingerprint density at radius 3 is 1.87 bits per heavy atom. The lowest BCUT2D eigenvalue weighted by atomic mass is 10.0. The van der Waals surface area contributed by atoms with E-state index >= 15 is 0 Å². The van der Waals surface area contributed by atoms with Crippen molar-refractivity contribution in [3.8, 4) is 5.75 Å². The molecule has 1 amide bonds. The molecule has 0 saturated heterocycles. The Labute approximate surface area is 272 Å². The average molecular weight is 614 g/mol. The number of hydrogen-bond donors (Lipinski definition) is 1. The average Bonchev–Trinajstić information content (AvgIpc) is 3.02. The molecule has 3 aromatic rings. The fourth-order valence-corrected chi connectivity index (χ4v) is 5.69. The summed E-state index contributed by atoms with van der Waals surface area (Å²) < 4.78 is 8.17. The molecule has 0 saturated carbocycles. The maximum absolute atomic E-state index is 12.8. The fraction of sp³-hybridized carbons (Fsp3) is 0.525. The molecule has 0 fully saturated rings. The van der Waals surface area contributed by atoms with E-state index in [0.717, 1.165) is 36.2 Å². The van der Waals surface area contributed by atoms with Crippen LogP contribution in [-0.2, 0) is 17.8 Å². The lowest BCUT2D eigenvalue weighted by molar-refractivity contribution is -0.688. The number of carbonyl (C=O) groups is 2. The maximum Gasteiger partial charge on any atom is 0.228 e. The number of unbranched alkanes of at least 4 members (excludes halogenated alkanes) is 13. The van der Waals surface area contributed by atoms with Crippen LogP contribution in [0.1, 0.15) is 136 Å². The zero-order chi connectivity index (χ0) is 32.3. The van der Waals surface area contributed by atoms with Crippen LogP contribution in [0.2, 0.25) is 0 Å². The van der Waals surface area contributed by atoms with E-state index in [0.29, 0.717) is 17.9 Å². The number of aryl methyl sites for hydroxylation is 2. The smallest absolute Gasteiger partial charge is 0.228 e. The fourth-order valence-electron chi connectivity index (χ4n) is 5.69. The van der Waals surface area contributed by atoms with Gasteiger partial charge >= 0.3 is 0 Å². The van der Waals surface area contributed by atoms with Gasteiger partial charge in [0.15, 0.2) is 24.7 Å². The first-order chi connectivity index (χ1) is 21.9. The van der Waals surface area contributed by atoms with E-state index in [1.165, 1.54) is 88.2 Å². The Hall–Kier alpha value is -3.47. The summed E-state index contributed by atoms with van der Waals surface area (Å²) in [7, 11) is 0. The number of ketones is 1. The van der Waals surface area contributed by atoms with Crippen LogP contribution in [0.3, 0.4) is 0 Å². The van der Waals surface area contributed by atoms with Gasteiger partial charge in [0.05, 0.1) is 18.6 Å². The molecule has 1 N–H and O–H groups in total. The van der Waals surface area contributed by atoms with E-state index in [-0.39, 0.29) is 18.1 Å². The first kappa shape index (κ1) is 36.0. The molecule has 0 spiro atoms. The van der Waals surface area contributed by atoms with Gasteiger partial charge in [-0.1, -0.05) is 109 Å². The molecule has 0 radical (unpaired) electrons. The second-order valence-corrected chi connectivity index (χ2v) is 12.7. The monoisotopic (exact) mass is 613 g/mol. The van der Waals surface area contributed by atoms with Crippen molar-refractivity contribution in [3.05, 3.63) is 88.7 Å². The highest BCUT2D eigenvalue weighted by Crippen LogP contribution is 2.22. The van der Waals surface area contributed by atoms with E-state index in [9.17, 15) is 9.59 Å². The molecule has 0 bridgehead atoms. The van der Waals surface area contributed by atoms with Crippen LogP contribution in [0, 0.1) is 13.8 Å². The first-order valence-corrected chi connectivity index (χ1v) is 17.5. The van der Waals surface area contributed by atoms with Crippen LogP contribution in [0.15, 0.2) is 60.9 Å². The molecular weight excluding hydrogens is 556 g/mol. The van der Waals surface area contributed by atoms with Gasteiger partial charge in [-0.25, -0.2) is 4.57 Å². The van der Waals surface area contributed by atoms with Crippen molar-refractivity contribution < 1.29 is 18.9 Å². The Kier molecular flexibility index (Phi) is 16.4. The van der Waals surface area contributed by atoms with Gasteiger partial charge in [0.1, 0.15) is 5.75 Å². The van der Waals surface area contributed by atoms with Crippen molar-refractivity contribution in [2.45, 2.75) is 131 Å². The first-order valence-electron chi connectivity index (χ1n) is 17.5. The van der Waals surface area contributed by atoms with E-state index in [1.54, 1.807) is 13.0 Å². The van der Waals surface area contributed by atoms with Crippen molar-refractivity contribution in [3.63, 3.8) is 0 Å². The number of anilines is 1. The number of pyridine rings is 1. The SMILES string of the molecule is CCCCCCCCCCCCCCCCOc1ccc(CC(=O)Nc2ccc(C[n+]3ccc(C)c(C)c3)cc2)cc1C(C)=O. The van der Waals surface area contributed by atoms with Gasteiger partial charge in [0.2, 0.25) is 5.91 Å². The van der Waals surface area contributed by atoms with Gasteiger partial charge in [-0.05, 0) is 62.6 Å². The van der Waals surface area contributed by atoms with Crippen LogP contribution in [0.5, 0.6) is 5.75 Å². The van der Waals surface area contributed by atoms with Crippen molar-refractivity contribution in [1.29, 1.82) is 0 Å². The summed E-state index contributed by atoms with van der Waals surface area (Å²) >= 11 is 0. The second kappa shape index (κ2) is 20.5. The molecule has 0 aliphatic rings. The highest BCUT2D eigenvalue weighted by Gasteiger charge is 2.13. The summed E-state index contributed by atoms with van der Waals surface area (Å²) in [5.74, 6) is 0.445. The molecule has 5 heteroatoms. The Bertz CT molecular complexity index is 1320. The Morgan fingerprint density at radius 2 is 1.29 bits per heavy atom. The number of aromatic nitrogens is 1. The zero-order valence-corrected chi connectivity index (χ0v) is 28.5. The summed E-state index contributed by atoms with van der Waals surface area (Å²) in [4.78, 5) is 25.2. The lowest BCUT2D eigenvalue weighted by Crippen LogP contribution is -2.33. The predicted octanol–water partition coefficient (Wildman–Crippen LogP) is 9.88. The molecule has 0 unspecified atom stereocenters. The molecule has 3 rings (SSSR count). The standard InChI is InChI=1S/C40H56N2O3/c1-5-6-7-8-9-10-11-12-13-14-15-16-17-18-27-45-39-24-21-36(28-38(39)34(4)43)29-40(44)41-37-22-19-35(20-23-37)31-42-26-25-32(2)33(3)30-42/h19-26,28,30H,5-18,27,29,31H2,1-4H3/p+1. The number of benzene rings is 2. The second-order valence-electron chi connectivity index (χ2n) is 12.7.